The molecule has 0 unspecified atom stereocenters. The molecule has 1 saturated heterocycles. The predicted molar refractivity (Wildman–Crippen MR) is 139 cm³/mol. The summed E-state index contributed by atoms with van der Waals surface area (Å²) in [5.41, 5.74) is 0.486. The first-order valence-electron chi connectivity index (χ1n) is 12.2. The molecule has 2 heterocycles. The average Bonchev–Trinajstić information content (AvgIpc) is 2.93. The number of hydrogen-bond donors (Lipinski definition) is 1. The van der Waals surface area contributed by atoms with Gasteiger partial charge in [-0.25, -0.2) is 4.98 Å². The van der Waals surface area contributed by atoms with E-state index in [0.717, 1.165) is 37.4 Å². The van der Waals surface area contributed by atoms with Crippen molar-refractivity contribution in [2.75, 3.05) is 46.9 Å². The molecule has 4 rings (SSSR count). The first-order valence-corrected chi connectivity index (χ1v) is 12.2. The zero-order valence-electron chi connectivity index (χ0n) is 21.8. The fourth-order valence-electron chi connectivity index (χ4n) is 3.63. The summed E-state index contributed by atoms with van der Waals surface area (Å²) >= 11 is 0. The maximum Gasteiger partial charge on any atom is 0.416 e. The minimum Gasteiger partial charge on any atom is -0.438 e. The molecule has 1 aromatic heterocycles. The molecule has 0 aliphatic carbocycles. The van der Waals surface area contributed by atoms with Crippen molar-refractivity contribution in [3.63, 3.8) is 0 Å². The number of halogens is 3. The highest BCUT2D eigenvalue weighted by Gasteiger charge is 2.30. The molecule has 0 radical (unpaired) electrons. The van der Waals surface area contributed by atoms with Gasteiger partial charge < -0.3 is 24.6 Å². The topological polar surface area (TPSA) is 84.0 Å². The van der Waals surface area contributed by atoms with Crippen molar-refractivity contribution in [2.45, 2.75) is 12.8 Å². The van der Waals surface area contributed by atoms with Crippen molar-refractivity contribution in [1.29, 1.82) is 0 Å². The number of methoxy groups -OCH3 is 1. The molecular formula is C28H31F3N4O4. The van der Waals surface area contributed by atoms with Gasteiger partial charge >= 0.3 is 6.18 Å². The Hall–Kier alpha value is -3.96. The third kappa shape index (κ3) is 9.38. The smallest absolute Gasteiger partial charge is 0.416 e. The summed E-state index contributed by atoms with van der Waals surface area (Å²) in [6.07, 6.45) is -3.06. The first kappa shape index (κ1) is 29.6. The SMILES string of the molecule is CN1CCN(C(=O)CNC(=O)c2cccnc2Oc2ccc(C(F)(F)F)cc2)CC1.COCc1ccccc1. The zero-order valence-corrected chi connectivity index (χ0v) is 21.8. The predicted octanol–water partition coefficient (Wildman–Crippen LogP) is 4.23. The first-order chi connectivity index (χ1) is 18.7. The molecule has 1 N–H and O–H groups in total. The number of carbonyl (C=O) groups excluding carboxylic acids is 2. The molecule has 1 aliphatic rings. The number of piperazine rings is 1. The summed E-state index contributed by atoms with van der Waals surface area (Å²) in [6.45, 7) is 3.28. The number of benzene rings is 2. The monoisotopic (exact) mass is 544 g/mol. The summed E-state index contributed by atoms with van der Waals surface area (Å²) in [6, 6.07) is 17.2. The van der Waals surface area contributed by atoms with Crippen LogP contribution in [0.3, 0.4) is 0 Å². The van der Waals surface area contributed by atoms with Gasteiger partial charge in [-0.05, 0) is 49.0 Å². The van der Waals surface area contributed by atoms with Gasteiger partial charge in [-0.15, -0.1) is 0 Å². The lowest BCUT2D eigenvalue weighted by atomic mass is 10.2. The van der Waals surface area contributed by atoms with Crippen LogP contribution in [0.25, 0.3) is 0 Å². The number of amides is 2. The summed E-state index contributed by atoms with van der Waals surface area (Å²) in [5, 5.41) is 2.55. The van der Waals surface area contributed by atoms with Crippen LogP contribution < -0.4 is 10.1 Å². The van der Waals surface area contributed by atoms with Crippen LogP contribution in [-0.4, -0.2) is 73.5 Å². The van der Waals surface area contributed by atoms with Gasteiger partial charge in [0.15, 0.2) is 0 Å². The Morgan fingerprint density at radius 2 is 1.62 bits per heavy atom. The third-order valence-corrected chi connectivity index (χ3v) is 5.82. The lowest BCUT2D eigenvalue weighted by Crippen LogP contribution is -2.50. The second-order valence-corrected chi connectivity index (χ2v) is 8.77. The molecule has 0 spiro atoms. The third-order valence-electron chi connectivity index (χ3n) is 5.82. The lowest BCUT2D eigenvalue weighted by Gasteiger charge is -2.32. The molecule has 0 bridgehead atoms. The van der Waals surface area contributed by atoms with E-state index in [2.05, 4.69) is 15.2 Å². The van der Waals surface area contributed by atoms with E-state index >= 15 is 0 Å². The van der Waals surface area contributed by atoms with Gasteiger partial charge in [0, 0.05) is 39.5 Å². The number of carbonyl (C=O) groups is 2. The van der Waals surface area contributed by atoms with Crippen molar-refractivity contribution in [1.82, 2.24) is 20.1 Å². The Balaban J connectivity index is 0.000000395. The molecular weight excluding hydrogens is 513 g/mol. The van der Waals surface area contributed by atoms with Gasteiger partial charge in [0.1, 0.15) is 11.3 Å². The van der Waals surface area contributed by atoms with Gasteiger partial charge in [0.05, 0.1) is 18.7 Å². The molecule has 2 amide bonds. The number of ether oxygens (including phenoxy) is 2. The highest BCUT2D eigenvalue weighted by molar-refractivity contribution is 5.98. The summed E-state index contributed by atoms with van der Waals surface area (Å²) < 4.78 is 48.5. The quantitative estimate of drug-likeness (QED) is 0.480. The van der Waals surface area contributed by atoms with Crippen LogP contribution in [0.1, 0.15) is 21.5 Å². The highest BCUT2D eigenvalue weighted by Crippen LogP contribution is 2.31. The lowest BCUT2D eigenvalue weighted by molar-refractivity contribution is -0.137. The Bertz CT molecular complexity index is 1200. The normalized spacial score (nSPS) is 13.7. The molecule has 8 nitrogen and oxygen atoms in total. The van der Waals surface area contributed by atoms with E-state index < -0.39 is 17.6 Å². The highest BCUT2D eigenvalue weighted by atomic mass is 19.4. The number of hydrogen-bond acceptors (Lipinski definition) is 6. The number of nitrogens with zero attached hydrogens (tertiary/aromatic N) is 3. The molecule has 39 heavy (non-hydrogen) atoms. The Labute approximate surface area is 225 Å². The van der Waals surface area contributed by atoms with E-state index in [-0.39, 0.29) is 29.6 Å². The van der Waals surface area contributed by atoms with E-state index in [4.69, 9.17) is 9.47 Å². The fourth-order valence-corrected chi connectivity index (χ4v) is 3.63. The van der Waals surface area contributed by atoms with Crippen LogP contribution in [0.15, 0.2) is 72.9 Å². The molecule has 208 valence electrons. The number of likely N-dealkylation sites (N-methyl/N-ethyl adjacent to an activating group) is 1. The standard InChI is InChI=1S/C20H21F3N4O3.C8H10O/c1-26-9-11-27(12-10-26)17(28)13-25-18(29)16-3-2-8-24-19(16)30-15-6-4-14(5-7-15)20(21,22)23;1-9-7-8-5-3-2-4-6-8/h2-8H,9-13H2,1H3,(H,25,29);2-6H,7H2,1H3. The minimum absolute atomic E-state index is 0.0678. The Morgan fingerprint density at radius 1 is 0.949 bits per heavy atom. The number of rotatable bonds is 7. The van der Waals surface area contributed by atoms with Crippen LogP contribution in [0, 0.1) is 0 Å². The molecule has 11 heteroatoms. The second-order valence-electron chi connectivity index (χ2n) is 8.77. The van der Waals surface area contributed by atoms with Gasteiger partial charge in [-0.2, -0.15) is 13.2 Å². The fraction of sp³-hybridized carbons (Fsp3) is 0.321. The molecule has 2 aromatic carbocycles. The molecule has 1 aliphatic heterocycles. The maximum atomic E-state index is 12.7. The Morgan fingerprint density at radius 3 is 2.23 bits per heavy atom. The minimum atomic E-state index is -4.45. The summed E-state index contributed by atoms with van der Waals surface area (Å²) in [5.74, 6) is -0.718. The van der Waals surface area contributed by atoms with Gasteiger partial charge in [-0.1, -0.05) is 30.3 Å². The zero-order chi connectivity index (χ0) is 28.3. The largest absolute Gasteiger partial charge is 0.438 e. The van der Waals surface area contributed by atoms with E-state index in [0.29, 0.717) is 19.7 Å². The molecule has 0 atom stereocenters. The van der Waals surface area contributed by atoms with Crippen LogP contribution in [0.5, 0.6) is 11.6 Å². The van der Waals surface area contributed by atoms with E-state index in [1.807, 2.05) is 37.4 Å². The number of pyridine rings is 1. The number of alkyl halides is 3. The second kappa shape index (κ2) is 14.3. The number of aromatic nitrogens is 1. The van der Waals surface area contributed by atoms with Crippen molar-refractivity contribution in [2.24, 2.45) is 0 Å². The average molecular weight is 545 g/mol. The van der Waals surface area contributed by atoms with Crippen LogP contribution in [0.2, 0.25) is 0 Å². The van der Waals surface area contributed by atoms with Crippen molar-refractivity contribution < 1.29 is 32.2 Å². The van der Waals surface area contributed by atoms with Gasteiger partial charge in [0.25, 0.3) is 5.91 Å². The summed E-state index contributed by atoms with van der Waals surface area (Å²) in [7, 11) is 3.68. The molecule has 3 aromatic rings. The van der Waals surface area contributed by atoms with E-state index in [9.17, 15) is 22.8 Å². The van der Waals surface area contributed by atoms with Gasteiger partial charge in [-0.3, -0.25) is 9.59 Å². The van der Waals surface area contributed by atoms with E-state index in [1.165, 1.54) is 23.9 Å². The summed E-state index contributed by atoms with van der Waals surface area (Å²) in [4.78, 5) is 32.6. The van der Waals surface area contributed by atoms with E-state index in [1.54, 1.807) is 12.0 Å². The van der Waals surface area contributed by atoms with Crippen LogP contribution in [-0.2, 0) is 22.3 Å². The van der Waals surface area contributed by atoms with Crippen molar-refractivity contribution in [3.8, 4) is 11.6 Å². The molecule has 1 fully saturated rings. The maximum absolute atomic E-state index is 12.7. The van der Waals surface area contributed by atoms with Gasteiger partial charge in [0.2, 0.25) is 11.8 Å². The van der Waals surface area contributed by atoms with Crippen LogP contribution >= 0.6 is 0 Å². The Kier molecular flexibility index (Phi) is 10.8. The van der Waals surface area contributed by atoms with Crippen molar-refractivity contribution in [3.05, 3.63) is 89.6 Å². The van der Waals surface area contributed by atoms with Crippen molar-refractivity contribution >= 4 is 11.8 Å². The molecule has 0 saturated carbocycles. The van der Waals surface area contributed by atoms with Crippen LogP contribution in [0.4, 0.5) is 13.2 Å². The number of nitrogens with one attached hydrogen (secondary N) is 1.